The number of rotatable bonds is 7. The van der Waals surface area contributed by atoms with Crippen molar-refractivity contribution in [3.05, 3.63) is 36.7 Å². The minimum Gasteiger partial charge on any atom is -0.434 e. The number of aromatic nitrogens is 3. The molecule has 3 aromatic heterocycles. The zero-order valence-electron chi connectivity index (χ0n) is 19.2. The van der Waals surface area contributed by atoms with Crippen LogP contribution in [0.1, 0.15) is 12.8 Å². The molecule has 174 valence electrons. The molecule has 4 aromatic rings. The molecule has 0 spiro atoms. The number of nitrogens with zero attached hydrogens (tertiary/aromatic N) is 4. The molecule has 4 heterocycles. The van der Waals surface area contributed by atoms with Gasteiger partial charge in [0.15, 0.2) is 5.58 Å². The lowest BCUT2D eigenvalue weighted by molar-refractivity contribution is -0.117. The van der Waals surface area contributed by atoms with E-state index in [-0.39, 0.29) is 11.8 Å². The number of para-hydroxylation sites is 1. The van der Waals surface area contributed by atoms with Crippen molar-refractivity contribution in [3.63, 3.8) is 0 Å². The van der Waals surface area contributed by atoms with E-state index in [0.717, 1.165) is 65.7 Å². The summed E-state index contributed by atoms with van der Waals surface area (Å²) >= 11 is 0. The Morgan fingerprint density at radius 1 is 1.21 bits per heavy atom. The molecule has 1 amide bonds. The minimum atomic E-state index is 0.0177. The number of nitrogens with one attached hydrogen (secondary N) is 2. The summed E-state index contributed by atoms with van der Waals surface area (Å²) in [6.07, 6.45) is 5.35. The fraction of sp³-hybridized carbons (Fsp3) is 0.360. The summed E-state index contributed by atoms with van der Waals surface area (Å²) in [4.78, 5) is 28.4. The van der Waals surface area contributed by atoms with Crippen LogP contribution in [0.5, 0.6) is 0 Å². The second-order valence-corrected chi connectivity index (χ2v) is 9.02. The number of hydrogen-bond acceptors (Lipinski definition) is 8. The predicted molar refractivity (Wildman–Crippen MR) is 131 cm³/mol. The Morgan fingerprint density at radius 2 is 2.06 bits per heavy atom. The van der Waals surface area contributed by atoms with Crippen LogP contribution in [0.15, 0.2) is 41.1 Å². The first-order valence-electron chi connectivity index (χ1n) is 11.6. The molecule has 2 fully saturated rings. The van der Waals surface area contributed by atoms with E-state index in [1.807, 2.05) is 25.2 Å². The first-order valence-corrected chi connectivity index (χ1v) is 11.6. The van der Waals surface area contributed by atoms with E-state index in [1.54, 1.807) is 19.5 Å². The maximum absolute atomic E-state index is 12.3. The number of fused-ring (bicyclic) bond motifs is 2. The van der Waals surface area contributed by atoms with Crippen LogP contribution in [0.2, 0.25) is 0 Å². The summed E-state index contributed by atoms with van der Waals surface area (Å²) in [5, 5.41) is 7.73. The molecule has 9 heteroatoms. The van der Waals surface area contributed by atoms with Gasteiger partial charge < -0.3 is 24.7 Å². The number of ether oxygens (including phenoxy) is 1. The van der Waals surface area contributed by atoms with Crippen molar-refractivity contribution < 1.29 is 13.9 Å². The second-order valence-electron chi connectivity index (χ2n) is 9.02. The molecule has 2 N–H and O–H groups in total. The summed E-state index contributed by atoms with van der Waals surface area (Å²) in [5.74, 6) is 2.35. The Hall–Kier alpha value is -3.72. The highest BCUT2D eigenvalue weighted by Gasteiger charge is 2.31. The van der Waals surface area contributed by atoms with Gasteiger partial charge in [0.05, 0.1) is 17.9 Å². The third kappa shape index (κ3) is 3.62. The van der Waals surface area contributed by atoms with Gasteiger partial charge in [0, 0.05) is 62.2 Å². The standard InChI is InChI=1S/C25H26N6O3/c1-26-23-17-9-27-21(30-24(32)15-6-7-15)8-16(17)18(10-28-23)25-29-19-4-3-5-20(22(19)34-25)31-11-14(12-31)13-33-2/h3-5,8-10,14-15H,6-7,11-13H2,1-2H3,(H,26,28)(H,27,30,32). The number of carbonyl (C=O) groups excluding carboxylic acids is 1. The van der Waals surface area contributed by atoms with Gasteiger partial charge in [-0.05, 0) is 31.0 Å². The normalized spacial score (nSPS) is 16.1. The van der Waals surface area contributed by atoms with Gasteiger partial charge in [-0.2, -0.15) is 0 Å². The molecule has 0 unspecified atom stereocenters. The van der Waals surface area contributed by atoms with Crippen molar-refractivity contribution in [3.8, 4) is 11.5 Å². The summed E-state index contributed by atoms with van der Waals surface area (Å²) < 4.78 is 11.6. The fourth-order valence-electron chi connectivity index (χ4n) is 4.55. The topological polar surface area (TPSA) is 105 Å². The molecule has 1 aromatic carbocycles. The van der Waals surface area contributed by atoms with E-state index >= 15 is 0 Å². The van der Waals surface area contributed by atoms with Crippen molar-refractivity contribution in [2.45, 2.75) is 12.8 Å². The van der Waals surface area contributed by atoms with E-state index in [4.69, 9.17) is 14.1 Å². The third-order valence-electron chi connectivity index (χ3n) is 6.53. The molecule has 1 aliphatic carbocycles. The molecule has 9 nitrogen and oxygen atoms in total. The molecule has 2 aliphatic rings. The number of hydrogen-bond donors (Lipinski definition) is 2. The van der Waals surface area contributed by atoms with Crippen LogP contribution in [-0.2, 0) is 9.53 Å². The monoisotopic (exact) mass is 458 g/mol. The first kappa shape index (κ1) is 20.9. The van der Waals surface area contributed by atoms with Crippen LogP contribution in [0.25, 0.3) is 33.3 Å². The average Bonchev–Trinajstić information content (AvgIpc) is 3.59. The summed E-state index contributed by atoms with van der Waals surface area (Å²) in [5.41, 5.74) is 3.34. The molecule has 34 heavy (non-hydrogen) atoms. The van der Waals surface area contributed by atoms with Crippen molar-refractivity contribution in [2.24, 2.45) is 11.8 Å². The Balaban J connectivity index is 1.41. The second kappa shape index (κ2) is 8.25. The van der Waals surface area contributed by atoms with Crippen molar-refractivity contribution >= 4 is 45.1 Å². The van der Waals surface area contributed by atoms with Gasteiger partial charge in [-0.3, -0.25) is 4.79 Å². The van der Waals surface area contributed by atoms with Gasteiger partial charge in [0.1, 0.15) is 17.2 Å². The van der Waals surface area contributed by atoms with Crippen molar-refractivity contribution in [1.82, 2.24) is 15.0 Å². The zero-order chi connectivity index (χ0) is 23.2. The van der Waals surface area contributed by atoms with E-state index in [0.29, 0.717) is 23.4 Å². The first-order chi connectivity index (χ1) is 16.6. The number of carbonyl (C=O) groups is 1. The molecule has 1 aliphatic heterocycles. The Kier molecular flexibility index (Phi) is 5.06. The fourth-order valence-corrected chi connectivity index (χ4v) is 4.55. The van der Waals surface area contributed by atoms with Crippen molar-refractivity contribution in [1.29, 1.82) is 0 Å². The number of amides is 1. The lowest BCUT2D eigenvalue weighted by Gasteiger charge is -2.40. The molecular formula is C25H26N6O3. The third-order valence-corrected chi connectivity index (χ3v) is 6.53. The van der Waals surface area contributed by atoms with Crippen LogP contribution in [0, 0.1) is 11.8 Å². The maximum Gasteiger partial charge on any atom is 0.229 e. The summed E-state index contributed by atoms with van der Waals surface area (Å²) in [7, 11) is 3.56. The van der Waals surface area contributed by atoms with Crippen LogP contribution >= 0.6 is 0 Å². The molecule has 1 saturated heterocycles. The van der Waals surface area contributed by atoms with Gasteiger partial charge in [-0.1, -0.05) is 6.07 Å². The summed E-state index contributed by atoms with van der Waals surface area (Å²) in [6, 6.07) is 7.90. The Bertz CT molecular complexity index is 1390. The SMILES string of the molecule is CNc1ncc(-c2nc3cccc(N4CC(COC)C4)c3o2)c2cc(NC(=O)C3CC3)ncc12. The zero-order valence-corrected chi connectivity index (χ0v) is 19.2. The molecule has 0 bridgehead atoms. The lowest BCUT2D eigenvalue weighted by Crippen LogP contribution is -2.48. The van der Waals surface area contributed by atoms with Gasteiger partial charge in [0.2, 0.25) is 11.8 Å². The van der Waals surface area contributed by atoms with E-state index in [2.05, 4.69) is 31.6 Å². The molecule has 0 radical (unpaired) electrons. The number of benzene rings is 1. The molecule has 0 atom stereocenters. The highest BCUT2D eigenvalue weighted by Crippen LogP contribution is 2.38. The van der Waals surface area contributed by atoms with Crippen LogP contribution in [-0.4, -0.2) is 54.7 Å². The number of anilines is 3. The van der Waals surface area contributed by atoms with E-state index in [1.165, 1.54) is 0 Å². The van der Waals surface area contributed by atoms with E-state index < -0.39 is 0 Å². The smallest absolute Gasteiger partial charge is 0.229 e. The number of oxazole rings is 1. The minimum absolute atomic E-state index is 0.0177. The predicted octanol–water partition coefficient (Wildman–Crippen LogP) is 3.91. The Labute approximate surface area is 196 Å². The number of pyridine rings is 2. The quantitative estimate of drug-likeness (QED) is 0.429. The molecule has 1 saturated carbocycles. The lowest BCUT2D eigenvalue weighted by atomic mass is 10.00. The number of methoxy groups -OCH3 is 1. The highest BCUT2D eigenvalue weighted by molar-refractivity contribution is 6.03. The van der Waals surface area contributed by atoms with Crippen molar-refractivity contribution in [2.75, 3.05) is 49.4 Å². The molecular weight excluding hydrogens is 432 g/mol. The van der Waals surface area contributed by atoms with Crippen LogP contribution in [0.4, 0.5) is 17.3 Å². The molecule has 6 rings (SSSR count). The Morgan fingerprint density at radius 3 is 2.82 bits per heavy atom. The summed E-state index contributed by atoms with van der Waals surface area (Å²) in [6.45, 7) is 2.62. The highest BCUT2D eigenvalue weighted by atomic mass is 16.5. The van der Waals surface area contributed by atoms with Gasteiger partial charge >= 0.3 is 0 Å². The van der Waals surface area contributed by atoms with Gasteiger partial charge in [-0.15, -0.1) is 0 Å². The average molecular weight is 459 g/mol. The van der Waals surface area contributed by atoms with Gasteiger partial charge in [-0.25, -0.2) is 15.0 Å². The van der Waals surface area contributed by atoms with Gasteiger partial charge in [0.25, 0.3) is 0 Å². The van der Waals surface area contributed by atoms with E-state index in [9.17, 15) is 4.79 Å². The van der Waals surface area contributed by atoms with Crippen LogP contribution < -0.4 is 15.5 Å². The maximum atomic E-state index is 12.3. The van der Waals surface area contributed by atoms with Crippen LogP contribution in [0.3, 0.4) is 0 Å². The largest absolute Gasteiger partial charge is 0.434 e.